The van der Waals surface area contributed by atoms with Gasteiger partial charge in [-0.3, -0.25) is 9.69 Å². The molecule has 1 aromatic carbocycles. The molecule has 0 radical (unpaired) electrons. The van der Waals surface area contributed by atoms with E-state index in [0.717, 1.165) is 55.6 Å². The first-order chi connectivity index (χ1) is 14.0. The van der Waals surface area contributed by atoms with Crippen LogP contribution in [0.1, 0.15) is 47.5 Å². The van der Waals surface area contributed by atoms with Crippen LogP contribution in [0.3, 0.4) is 0 Å². The summed E-state index contributed by atoms with van der Waals surface area (Å²) in [7, 11) is 2.13. The fraction of sp³-hybridized carbons (Fsp3) is 0.455. The molecule has 7 nitrogen and oxygen atoms in total. The molecule has 2 fully saturated rings. The highest BCUT2D eigenvalue weighted by molar-refractivity contribution is 5.95. The molecule has 2 saturated heterocycles. The van der Waals surface area contributed by atoms with E-state index in [-0.39, 0.29) is 17.4 Å². The van der Waals surface area contributed by atoms with Crippen LogP contribution in [-0.4, -0.2) is 57.5 Å². The van der Waals surface area contributed by atoms with Gasteiger partial charge in [0.15, 0.2) is 5.82 Å². The Morgan fingerprint density at radius 1 is 1.14 bits per heavy atom. The van der Waals surface area contributed by atoms with Gasteiger partial charge < -0.3 is 9.42 Å². The van der Waals surface area contributed by atoms with Gasteiger partial charge in [0.1, 0.15) is 5.69 Å². The topological polar surface area (TPSA) is 75.4 Å². The third-order valence-corrected chi connectivity index (χ3v) is 6.51. The summed E-state index contributed by atoms with van der Waals surface area (Å²) in [5.41, 5.74) is 1.60. The Morgan fingerprint density at radius 2 is 1.93 bits per heavy atom. The molecule has 0 bridgehead atoms. The first-order valence-electron chi connectivity index (χ1n) is 10.2. The summed E-state index contributed by atoms with van der Waals surface area (Å²) in [6.07, 6.45) is 2.99. The van der Waals surface area contributed by atoms with Crippen molar-refractivity contribution in [1.82, 2.24) is 24.9 Å². The lowest BCUT2D eigenvalue weighted by atomic mass is 9.76. The summed E-state index contributed by atoms with van der Waals surface area (Å²) in [4.78, 5) is 26.3. The SMILES string of the molecule is Cc1nc(C2CC3(CCN(C(=O)c4ccc5ccccc5n4)CC3)CN2C)no1. The summed E-state index contributed by atoms with van der Waals surface area (Å²) in [6, 6.07) is 11.9. The molecule has 3 aromatic rings. The van der Waals surface area contributed by atoms with Crippen LogP contribution in [0.2, 0.25) is 0 Å². The molecular weight excluding hydrogens is 366 g/mol. The Balaban J connectivity index is 1.28. The first kappa shape index (κ1) is 18.2. The maximum absolute atomic E-state index is 13.0. The van der Waals surface area contributed by atoms with Crippen molar-refractivity contribution in [3.63, 3.8) is 0 Å². The Hall–Kier alpha value is -2.80. The van der Waals surface area contributed by atoms with E-state index in [2.05, 4.69) is 27.1 Å². The highest BCUT2D eigenvalue weighted by Gasteiger charge is 2.46. The number of benzene rings is 1. The number of piperidine rings is 1. The second-order valence-corrected chi connectivity index (χ2v) is 8.49. The third kappa shape index (κ3) is 3.29. The molecule has 0 aliphatic carbocycles. The molecule has 0 saturated carbocycles. The number of likely N-dealkylation sites (tertiary alicyclic amines) is 2. The number of aryl methyl sites for hydroxylation is 1. The minimum absolute atomic E-state index is 0.0299. The minimum Gasteiger partial charge on any atom is -0.340 e. The fourth-order valence-corrected chi connectivity index (χ4v) is 4.90. The summed E-state index contributed by atoms with van der Waals surface area (Å²) < 4.78 is 5.18. The molecule has 1 spiro atoms. The van der Waals surface area contributed by atoms with Crippen molar-refractivity contribution in [2.24, 2.45) is 5.41 Å². The van der Waals surface area contributed by atoms with Gasteiger partial charge in [0.25, 0.3) is 5.91 Å². The van der Waals surface area contributed by atoms with Crippen molar-refractivity contribution in [2.45, 2.75) is 32.2 Å². The van der Waals surface area contributed by atoms with Crippen molar-refractivity contribution < 1.29 is 9.32 Å². The highest BCUT2D eigenvalue weighted by Crippen LogP contribution is 2.47. The van der Waals surface area contributed by atoms with Crippen molar-refractivity contribution in [2.75, 3.05) is 26.7 Å². The minimum atomic E-state index is 0.0299. The second kappa shape index (κ2) is 6.91. The predicted molar refractivity (Wildman–Crippen MR) is 108 cm³/mol. The van der Waals surface area contributed by atoms with Gasteiger partial charge in [-0.25, -0.2) is 4.98 Å². The standard InChI is InChI=1S/C22H25N5O2/c1-15-23-20(25-29-15)19-13-22(14-26(19)2)9-11-27(12-10-22)21(28)18-8-7-16-5-3-4-6-17(16)24-18/h3-8,19H,9-14H2,1-2H3. The number of nitrogens with zero attached hydrogens (tertiary/aromatic N) is 5. The molecule has 150 valence electrons. The smallest absolute Gasteiger partial charge is 0.272 e. The Kier molecular flexibility index (Phi) is 4.35. The van der Waals surface area contributed by atoms with Crippen LogP contribution in [0.4, 0.5) is 0 Å². The number of carbonyl (C=O) groups is 1. The zero-order chi connectivity index (χ0) is 20.0. The molecule has 2 aliphatic rings. The summed E-state index contributed by atoms with van der Waals surface area (Å²) >= 11 is 0. The number of aromatic nitrogens is 3. The number of rotatable bonds is 2. The van der Waals surface area contributed by atoms with Crippen molar-refractivity contribution in [3.05, 3.63) is 53.8 Å². The van der Waals surface area contributed by atoms with E-state index in [1.165, 1.54) is 0 Å². The third-order valence-electron chi connectivity index (χ3n) is 6.51. The number of hydrogen-bond donors (Lipinski definition) is 0. The average molecular weight is 391 g/mol. The highest BCUT2D eigenvalue weighted by atomic mass is 16.5. The molecule has 2 aromatic heterocycles. The van der Waals surface area contributed by atoms with Gasteiger partial charge in [0.2, 0.25) is 5.89 Å². The monoisotopic (exact) mass is 391 g/mol. The van der Waals surface area contributed by atoms with Gasteiger partial charge >= 0.3 is 0 Å². The maximum atomic E-state index is 13.0. The molecule has 1 atom stereocenters. The number of carbonyl (C=O) groups excluding carboxylic acids is 1. The predicted octanol–water partition coefficient (Wildman–Crippen LogP) is 3.23. The molecule has 5 rings (SSSR count). The number of fused-ring (bicyclic) bond motifs is 1. The van der Waals surface area contributed by atoms with Gasteiger partial charge in [-0.15, -0.1) is 0 Å². The number of pyridine rings is 1. The van der Waals surface area contributed by atoms with E-state index in [0.29, 0.717) is 11.6 Å². The zero-order valence-electron chi connectivity index (χ0n) is 16.8. The maximum Gasteiger partial charge on any atom is 0.272 e. The van der Waals surface area contributed by atoms with Crippen molar-refractivity contribution in [1.29, 1.82) is 0 Å². The molecule has 1 unspecified atom stereocenters. The molecule has 4 heterocycles. The van der Waals surface area contributed by atoms with Crippen LogP contribution >= 0.6 is 0 Å². The zero-order valence-corrected chi connectivity index (χ0v) is 16.8. The van der Waals surface area contributed by atoms with Crippen LogP contribution in [0, 0.1) is 12.3 Å². The van der Waals surface area contributed by atoms with Gasteiger partial charge in [0.05, 0.1) is 11.6 Å². The average Bonchev–Trinajstić information content (AvgIpc) is 3.30. The van der Waals surface area contributed by atoms with Crippen LogP contribution in [0.15, 0.2) is 40.9 Å². The lowest BCUT2D eigenvalue weighted by Crippen LogP contribution is -2.44. The van der Waals surface area contributed by atoms with E-state index >= 15 is 0 Å². The number of amides is 1. The Bertz CT molecular complexity index is 1050. The normalized spacial score (nSPS) is 21.9. The Labute approximate surface area is 169 Å². The summed E-state index contributed by atoms with van der Waals surface area (Å²) in [5, 5.41) is 5.19. The van der Waals surface area contributed by atoms with E-state index in [9.17, 15) is 4.79 Å². The number of para-hydroxylation sites is 1. The molecule has 7 heteroatoms. The summed E-state index contributed by atoms with van der Waals surface area (Å²) in [6.45, 7) is 4.35. The van der Waals surface area contributed by atoms with Gasteiger partial charge in [-0.05, 0) is 43.9 Å². The van der Waals surface area contributed by atoms with Crippen LogP contribution in [0.5, 0.6) is 0 Å². The van der Waals surface area contributed by atoms with E-state index in [1.807, 2.05) is 48.2 Å². The molecule has 29 heavy (non-hydrogen) atoms. The van der Waals surface area contributed by atoms with Crippen molar-refractivity contribution >= 4 is 16.8 Å². The largest absolute Gasteiger partial charge is 0.340 e. The lowest BCUT2D eigenvalue weighted by Gasteiger charge is -2.39. The van der Waals surface area contributed by atoms with Gasteiger partial charge in [-0.1, -0.05) is 29.4 Å². The molecule has 1 amide bonds. The van der Waals surface area contributed by atoms with E-state index in [1.54, 1.807) is 0 Å². The number of hydrogen-bond acceptors (Lipinski definition) is 6. The van der Waals surface area contributed by atoms with Crippen molar-refractivity contribution in [3.8, 4) is 0 Å². The Morgan fingerprint density at radius 3 is 2.69 bits per heavy atom. The summed E-state index contributed by atoms with van der Waals surface area (Å²) in [5.74, 6) is 1.42. The molecular formula is C22H25N5O2. The molecule has 2 aliphatic heterocycles. The fourth-order valence-electron chi connectivity index (χ4n) is 4.90. The van der Waals surface area contributed by atoms with Crippen LogP contribution in [-0.2, 0) is 0 Å². The van der Waals surface area contributed by atoms with Crippen LogP contribution < -0.4 is 0 Å². The quantitative estimate of drug-likeness (QED) is 0.668. The van der Waals surface area contributed by atoms with Crippen LogP contribution in [0.25, 0.3) is 10.9 Å². The lowest BCUT2D eigenvalue weighted by molar-refractivity contribution is 0.0588. The van der Waals surface area contributed by atoms with E-state index < -0.39 is 0 Å². The van der Waals surface area contributed by atoms with Gasteiger partial charge in [0, 0.05) is 31.9 Å². The first-order valence-corrected chi connectivity index (χ1v) is 10.2. The van der Waals surface area contributed by atoms with E-state index in [4.69, 9.17) is 4.52 Å². The second-order valence-electron chi connectivity index (χ2n) is 8.49. The molecule has 0 N–H and O–H groups in total. The van der Waals surface area contributed by atoms with Gasteiger partial charge in [-0.2, -0.15) is 4.98 Å².